The smallest absolute Gasteiger partial charge is 0.251 e. The Bertz CT molecular complexity index is 638. The molecule has 110 valence electrons. The second-order valence-electron chi connectivity index (χ2n) is 4.60. The van der Waals surface area contributed by atoms with Crippen molar-refractivity contribution in [3.63, 3.8) is 0 Å². The van der Waals surface area contributed by atoms with Gasteiger partial charge in [0.15, 0.2) is 0 Å². The molecule has 1 atom stereocenters. The lowest BCUT2D eigenvalue weighted by atomic mass is 10.1. The molecular formula is C16H15F2NO2. The van der Waals surface area contributed by atoms with E-state index in [9.17, 15) is 13.6 Å². The molecule has 0 aromatic heterocycles. The fourth-order valence-electron chi connectivity index (χ4n) is 2.07. The van der Waals surface area contributed by atoms with Gasteiger partial charge in [-0.25, -0.2) is 8.78 Å². The number of amides is 1. The molecule has 1 N–H and O–H groups in total. The lowest BCUT2D eigenvalue weighted by Crippen LogP contribution is -2.27. The lowest BCUT2D eigenvalue weighted by molar-refractivity contribution is 0.0938. The van der Waals surface area contributed by atoms with Gasteiger partial charge in [-0.15, -0.1) is 0 Å². The number of benzene rings is 2. The minimum absolute atomic E-state index is 0.0609. The Balaban J connectivity index is 2.18. The predicted molar refractivity (Wildman–Crippen MR) is 75.2 cm³/mol. The standard InChI is InChI=1S/C16H15F2NO2/c1-10(14-5-3-4-6-15(14)21-2)19-16(20)11-7-12(17)9-13(18)8-11/h3-10H,1-2H3,(H,19,20)/t10-/m0/s1. The average Bonchev–Trinajstić information content (AvgIpc) is 2.46. The molecule has 0 bridgehead atoms. The van der Waals surface area contributed by atoms with E-state index in [1.807, 2.05) is 18.2 Å². The number of carbonyl (C=O) groups is 1. The zero-order valence-corrected chi connectivity index (χ0v) is 11.7. The van der Waals surface area contributed by atoms with Crippen LogP contribution in [0.3, 0.4) is 0 Å². The quantitative estimate of drug-likeness (QED) is 0.936. The molecular weight excluding hydrogens is 276 g/mol. The van der Waals surface area contributed by atoms with Gasteiger partial charge in [0.25, 0.3) is 5.91 Å². The lowest BCUT2D eigenvalue weighted by Gasteiger charge is -2.17. The molecule has 0 heterocycles. The van der Waals surface area contributed by atoms with Crippen molar-refractivity contribution in [3.05, 3.63) is 65.2 Å². The summed E-state index contributed by atoms with van der Waals surface area (Å²) in [5.74, 6) is -1.49. The van der Waals surface area contributed by atoms with E-state index in [2.05, 4.69) is 5.32 Å². The van der Waals surface area contributed by atoms with Crippen LogP contribution >= 0.6 is 0 Å². The maximum absolute atomic E-state index is 13.1. The SMILES string of the molecule is COc1ccccc1[C@H](C)NC(=O)c1cc(F)cc(F)c1. The van der Waals surface area contributed by atoms with Crippen LogP contribution in [0.15, 0.2) is 42.5 Å². The minimum atomic E-state index is -0.787. The molecule has 2 aromatic carbocycles. The van der Waals surface area contributed by atoms with Crippen molar-refractivity contribution in [1.29, 1.82) is 0 Å². The molecule has 0 unspecified atom stereocenters. The topological polar surface area (TPSA) is 38.3 Å². The van der Waals surface area contributed by atoms with Crippen LogP contribution in [0.1, 0.15) is 28.9 Å². The summed E-state index contributed by atoms with van der Waals surface area (Å²) in [5.41, 5.74) is 0.722. The maximum atomic E-state index is 13.1. The van der Waals surface area contributed by atoms with Gasteiger partial charge in [0, 0.05) is 17.2 Å². The van der Waals surface area contributed by atoms with Crippen LogP contribution in [0.25, 0.3) is 0 Å². The summed E-state index contributed by atoms with van der Waals surface area (Å²) in [7, 11) is 1.54. The number of nitrogens with one attached hydrogen (secondary N) is 1. The Hall–Kier alpha value is -2.43. The maximum Gasteiger partial charge on any atom is 0.251 e. The van der Waals surface area contributed by atoms with E-state index >= 15 is 0 Å². The summed E-state index contributed by atoms with van der Waals surface area (Å²) in [6.07, 6.45) is 0. The molecule has 1 amide bonds. The summed E-state index contributed by atoms with van der Waals surface area (Å²) >= 11 is 0. The Morgan fingerprint density at radius 3 is 2.38 bits per heavy atom. The molecule has 2 rings (SSSR count). The third kappa shape index (κ3) is 3.56. The van der Waals surface area contributed by atoms with E-state index in [1.165, 1.54) is 7.11 Å². The third-order valence-corrected chi connectivity index (χ3v) is 3.08. The van der Waals surface area contributed by atoms with Crippen LogP contribution in [0.5, 0.6) is 5.75 Å². The second kappa shape index (κ2) is 6.35. The monoisotopic (exact) mass is 291 g/mol. The molecule has 0 aliphatic carbocycles. The first-order valence-corrected chi connectivity index (χ1v) is 6.41. The predicted octanol–water partition coefficient (Wildman–Crippen LogP) is 3.46. The molecule has 0 aliphatic rings. The van der Waals surface area contributed by atoms with Gasteiger partial charge in [-0.3, -0.25) is 4.79 Å². The molecule has 0 fully saturated rings. The van der Waals surface area contributed by atoms with E-state index < -0.39 is 17.5 Å². The molecule has 21 heavy (non-hydrogen) atoms. The fourth-order valence-corrected chi connectivity index (χ4v) is 2.07. The highest BCUT2D eigenvalue weighted by Crippen LogP contribution is 2.24. The number of ether oxygens (including phenoxy) is 1. The number of hydrogen-bond donors (Lipinski definition) is 1. The number of para-hydroxylation sites is 1. The van der Waals surface area contributed by atoms with E-state index in [0.717, 1.165) is 23.8 Å². The van der Waals surface area contributed by atoms with Gasteiger partial charge < -0.3 is 10.1 Å². The third-order valence-electron chi connectivity index (χ3n) is 3.08. The van der Waals surface area contributed by atoms with Crippen LogP contribution in [-0.4, -0.2) is 13.0 Å². The van der Waals surface area contributed by atoms with Gasteiger partial charge in [0.1, 0.15) is 17.4 Å². The van der Waals surface area contributed by atoms with Crippen molar-refractivity contribution in [1.82, 2.24) is 5.32 Å². The van der Waals surface area contributed by atoms with E-state index in [0.29, 0.717) is 5.75 Å². The van der Waals surface area contributed by atoms with Gasteiger partial charge in [0.05, 0.1) is 13.2 Å². The summed E-state index contributed by atoms with van der Waals surface area (Å²) in [6, 6.07) is 9.58. The van der Waals surface area contributed by atoms with Gasteiger partial charge >= 0.3 is 0 Å². The summed E-state index contributed by atoms with van der Waals surface area (Å²) < 4.78 is 31.5. The van der Waals surface area contributed by atoms with E-state index in [4.69, 9.17) is 4.74 Å². The average molecular weight is 291 g/mol. The first kappa shape index (κ1) is 15.0. The van der Waals surface area contributed by atoms with Crippen molar-refractivity contribution in [3.8, 4) is 5.75 Å². The summed E-state index contributed by atoms with van der Waals surface area (Å²) in [6.45, 7) is 1.77. The highest BCUT2D eigenvalue weighted by Gasteiger charge is 2.15. The molecule has 0 aliphatic heterocycles. The largest absolute Gasteiger partial charge is 0.496 e. The molecule has 0 saturated carbocycles. The van der Waals surface area contributed by atoms with Crippen molar-refractivity contribution in [2.75, 3.05) is 7.11 Å². The van der Waals surface area contributed by atoms with E-state index in [1.54, 1.807) is 13.0 Å². The molecule has 0 radical (unpaired) electrons. The van der Waals surface area contributed by atoms with Crippen LogP contribution in [0.4, 0.5) is 8.78 Å². The molecule has 0 spiro atoms. The highest BCUT2D eigenvalue weighted by molar-refractivity contribution is 5.94. The first-order valence-electron chi connectivity index (χ1n) is 6.41. The number of rotatable bonds is 4. The molecule has 3 nitrogen and oxygen atoms in total. The Morgan fingerprint density at radius 2 is 1.76 bits per heavy atom. The first-order chi connectivity index (χ1) is 10.0. The zero-order chi connectivity index (χ0) is 15.4. The molecule has 0 saturated heterocycles. The van der Waals surface area contributed by atoms with E-state index in [-0.39, 0.29) is 11.6 Å². The van der Waals surface area contributed by atoms with Crippen molar-refractivity contribution in [2.45, 2.75) is 13.0 Å². The summed E-state index contributed by atoms with van der Waals surface area (Å²) in [4.78, 5) is 12.0. The molecule has 2 aromatic rings. The number of methoxy groups -OCH3 is 1. The van der Waals surface area contributed by atoms with Gasteiger partial charge in [0.2, 0.25) is 0 Å². The number of halogens is 2. The zero-order valence-electron chi connectivity index (χ0n) is 11.7. The Labute approximate surface area is 121 Å². The van der Waals surface area contributed by atoms with Gasteiger partial charge in [-0.1, -0.05) is 18.2 Å². The van der Waals surface area contributed by atoms with Crippen molar-refractivity contribution >= 4 is 5.91 Å². The van der Waals surface area contributed by atoms with Gasteiger partial charge in [-0.2, -0.15) is 0 Å². The number of hydrogen-bond acceptors (Lipinski definition) is 2. The van der Waals surface area contributed by atoms with Crippen LogP contribution in [-0.2, 0) is 0 Å². The molecule has 5 heteroatoms. The summed E-state index contributed by atoms with van der Waals surface area (Å²) in [5, 5.41) is 2.69. The van der Waals surface area contributed by atoms with Crippen LogP contribution < -0.4 is 10.1 Å². The fraction of sp³-hybridized carbons (Fsp3) is 0.188. The Morgan fingerprint density at radius 1 is 1.14 bits per heavy atom. The normalized spacial score (nSPS) is 11.8. The highest BCUT2D eigenvalue weighted by atomic mass is 19.1. The van der Waals surface area contributed by atoms with Gasteiger partial charge in [-0.05, 0) is 25.1 Å². The second-order valence-corrected chi connectivity index (χ2v) is 4.60. The van der Waals surface area contributed by atoms with Crippen LogP contribution in [0, 0.1) is 11.6 Å². The van der Waals surface area contributed by atoms with Crippen LogP contribution in [0.2, 0.25) is 0 Å². The van der Waals surface area contributed by atoms with Crippen molar-refractivity contribution < 1.29 is 18.3 Å². The minimum Gasteiger partial charge on any atom is -0.496 e. The van der Waals surface area contributed by atoms with Crippen molar-refractivity contribution in [2.24, 2.45) is 0 Å². The Kier molecular flexibility index (Phi) is 4.52. The number of carbonyl (C=O) groups excluding carboxylic acids is 1.